The normalized spacial score (nSPS) is 27.7. The van der Waals surface area contributed by atoms with Crippen molar-refractivity contribution in [3.8, 4) is 0 Å². The molecule has 0 saturated carbocycles. The molecule has 0 aromatic carbocycles. The second kappa shape index (κ2) is 20.5. The van der Waals surface area contributed by atoms with E-state index >= 15 is 0 Å². The van der Waals surface area contributed by atoms with Crippen LogP contribution in [0.15, 0.2) is 130 Å². The summed E-state index contributed by atoms with van der Waals surface area (Å²) in [5.74, 6) is 4.88. The lowest BCUT2D eigenvalue weighted by molar-refractivity contribution is -0.122. The maximum atomic E-state index is 13.4. The van der Waals surface area contributed by atoms with Gasteiger partial charge < -0.3 is 5.11 Å². The molecule has 0 aromatic heterocycles. The number of rotatable bonds is 12. The molecule has 2 aliphatic heterocycles. The Morgan fingerprint density at radius 2 is 1.06 bits per heavy atom. The summed E-state index contributed by atoms with van der Waals surface area (Å²) in [4.78, 5) is 18.3. The first-order valence-electron chi connectivity index (χ1n) is 20.0. The average molecular weight is 769 g/mol. The van der Waals surface area contributed by atoms with Gasteiger partial charge >= 0.3 is 0 Å². The van der Waals surface area contributed by atoms with Crippen LogP contribution in [0.25, 0.3) is 0 Å². The van der Waals surface area contributed by atoms with Gasteiger partial charge in [0.25, 0.3) is 0 Å². The van der Waals surface area contributed by atoms with E-state index in [1.165, 1.54) is 27.9 Å². The zero-order chi connectivity index (χ0) is 39.5. The summed E-state index contributed by atoms with van der Waals surface area (Å²) in [5.41, 5.74) is 9.15. The van der Waals surface area contributed by atoms with Crippen LogP contribution in [-0.2, 0) is 4.79 Å². The van der Waals surface area contributed by atoms with Gasteiger partial charge in [-0.2, -0.15) is 23.5 Å². The number of Topliss-reactive ketones (excluding diaryl/α,β-unsaturated/α-hetero) is 1. The Hall–Kier alpha value is -2.61. The van der Waals surface area contributed by atoms with E-state index in [9.17, 15) is 9.90 Å². The first kappa shape index (κ1) is 44.1. The molecule has 0 spiro atoms. The number of ketones is 1. The Bertz CT molecular complexity index is 1680. The maximum absolute atomic E-state index is 13.4. The molecule has 2 fully saturated rings. The average Bonchev–Trinajstić information content (AvgIpc) is 3.13. The third-order valence-electron chi connectivity index (χ3n) is 11.5. The van der Waals surface area contributed by atoms with Crippen LogP contribution in [0.5, 0.6) is 0 Å². The molecule has 0 bridgehead atoms. The van der Waals surface area contributed by atoms with E-state index in [1.807, 2.05) is 30.4 Å². The highest BCUT2D eigenvalue weighted by molar-refractivity contribution is 7.99. The number of thioether (sulfide) groups is 2. The second-order valence-corrected chi connectivity index (χ2v) is 19.4. The molecular formula is C48H68N2O2S2. The number of hydrogen-bond donors (Lipinski definition) is 1. The molecule has 4 rings (SSSR count). The molecule has 0 radical (unpaired) electrons. The molecule has 3 unspecified atom stereocenters. The minimum absolute atomic E-state index is 0.0217. The fourth-order valence-corrected chi connectivity index (χ4v) is 10.1. The smallest absolute Gasteiger partial charge is 0.175 e. The lowest BCUT2D eigenvalue weighted by Gasteiger charge is -2.46. The number of nitrogens with zero attached hydrogens (tertiary/aromatic N) is 2. The Kier molecular flexibility index (Phi) is 16.8. The largest absolute Gasteiger partial charge is 0.387 e. The summed E-state index contributed by atoms with van der Waals surface area (Å²) in [6.45, 7) is 26.0. The standard InChI is InChI=1S/C48H68N2O2S2/c1-35(17-13-19-37(3)21-23-41-39(5)45(51)43(33-47(41,7)8)49-25-29-53-30-26-49)15-11-12-16-36(2)18-14-20-38(4)22-24-42-40(6)46(52)44(34-48(42,9)10)50-27-31-54-32-28-50/h11-24,43-45,51H,25-34H2,1-10H3/b12-11+,17-13+,18-14+,23-21+,24-22+,35-15+,36-16+,37-19+,38-20+. The van der Waals surface area contributed by atoms with Crippen molar-refractivity contribution in [1.29, 1.82) is 0 Å². The zero-order valence-electron chi connectivity index (χ0n) is 35.0. The molecule has 1 N–H and O–H groups in total. The predicted molar refractivity (Wildman–Crippen MR) is 239 cm³/mol. The molecule has 54 heavy (non-hydrogen) atoms. The Balaban J connectivity index is 1.28. The highest BCUT2D eigenvalue weighted by Gasteiger charge is 2.42. The quantitative estimate of drug-likeness (QED) is 0.200. The number of carbonyl (C=O) groups excluding carboxylic acids is 1. The molecular weight excluding hydrogens is 701 g/mol. The number of allylic oxidation sites excluding steroid dienone is 20. The molecule has 4 nitrogen and oxygen atoms in total. The fourth-order valence-electron chi connectivity index (χ4n) is 8.20. The van der Waals surface area contributed by atoms with Crippen molar-refractivity contribution in [2.45, 2.75) is 100 Å². The summed E-state index contributed by atoms with van der Waals surface area (Å²) in [5, 5.41) is 11.3. The van der Waals surface area contributed by atoms with Gasteiger partial charge in [0.1, 0.15) is 0 Å². The van der Waals surface area contributed by atoms with Crippen molar-refractivity contribution in [3.05, 3.63) is 130 Å². The number of hydrogen-bond acceptors (Lipinski definition) is 6. The van der Waals surface area contributed by atoms with E-state index in [-0.39, 0.29) is 22.9 Å². The second-order valence-electron chi connectivity index (χ2n) is 16.9. The molecule has 2 aliphatic carbocycles. The van der Waals surface area contributed by atoms with Gasteiger partial charge in [0.05, 0.1) is 12.1 Å². The van der Waals surface area contributed by atoms with E-state index < -0.39 is 6.10 Å². The molecule has 6 heteroatoms. The molecule has 3 atom stereocenters. The molecule has 2 heterocycles. The highest BCUT2D eigenvalue weighted by Crippen LogP contribution is 2.44. The molecule has 0 aromatic rings. The topological polar surface area (TPSA) is 43.8 Å². The summed E-state index contributed by atoms with van der Waals surface area (Å²) in [7, 11) is 0. The van der Waals surface area contributed by atoms with Crippen LogP contribution in [0.4, 0.5) is 0 Å². The van der Waals surface area contributed by atoms with Gasteiger partial charge in [-0.05, 0) is 87.5 Å². The number of aliphatic hydroxyl groups excluding tert-OH is 1. The summed E-state index contributed by atoms with van der Waals surface area (Å²) in [6, 6.07) is 0.236. The lowest BCUT2D eigenvalue weighted by Crippen LogP contribution is -2.52. The number of aliphatic hydroxyl groups is 1. The predicted octanol–water partition coefficient (Wildman–Crippen LogP) is 10.8. The van der Waals surface area contributed by atoms with Crippen molar-refractivity contribution in [2.75, 3.05) is 49.2 Å². The first-order valence-corrected chi connectivity index (χ1v) is 22.3. The van der Waals surface area contributed by atoms with Gasteiger partial charge in [0.2, 0.25) is 0 Å². The van der Waals surface area contributed by atoms with Crippen LogP contribution in [0, 0.1) is 10.8 Å². The van der Waals surface area contributed by atoms with Crippen LogP contribution in [0.3, 0.4) is 0 Å². The summed E-state index contributed by atoms with van der Waals surface area (Å²) in [6.07, 6.45) is 31.3. The highest BCUT2D eigenvalue weighted by atomic mass is 32.2. The summed E-state index contributed by atoms with van der Waals surface area (Å²) < 4.78 is 0. The Morgan fingerprint density at radius 1 is 0.630 bits per heavy atom. The minimum Gasteiger partial charge on any atom is -0.387 e. The Morgan fingerprint density at radius 3 is 1.57 bits per heavy atom. The molecule has 0 amide bonds. The third-order valence-corrected chi connectivity index (χ3v) is 13.4. The number of carbonyl (C=O) groups is 1. The Labute approximate surface area is 337 Å². The van der Waals surface area contributed by atoms with E-state index in [4.69, 9.17) is 0 Å². The SMILES string of the molecule is CC1=C(/C=C/C(C)=C/C=C/C(C)=C/C=C/C=C(C)/C=C/C=C(C)/C=C/C2=C(C)C(O)C(N3CCSCC3)CC2(C)C)C(C)(C)CC(N2CCSCC2)C1=O. The van der Waals surface area contributed by atoms with Crippen molar-refractivity contribution < 1.29 is 9.90 Å². The van der Waals surface area contributed by atoms with E-state index in [0.717, 1.165) is 78.8 Å². The molecule has 4 aliphatic rings. The van der Waals surface area contributed by atoms with Gasteiger partial charge in [0, 0.05) is 55.2 Å². The van der Waals surface area contributed by atoms with Crippen LogP contribution in [-0.4, -0.2) is 88.1 Å². The van der Waals surface area contributed by atoms with Crippen LogP contribution in [0.2, 0.25) is 0 Å². The van der Waals surface area contributed by atoms with Gasteiger partial charge in [-0.1, -0.05) is 135 Å². The fraction of sp³-hybridized carbons (Fsp3) is 0.521. The van der Waals surface area contributed by atoms with Crippen LogP contribution >= 0.6 is 23.5 Å². The van der Waals surface area contributed by atoms with Crippen molar-refractivity contribution in [1.82, 2.24) is 9.80 Å². The molecule has 2 saturated heterocycles. The van der Waals surface area contributed by atoms with Gasteiger partial charge in [-0.25, -0.2) is 0 Å². The van der Waals surface area contributed by atoms with Gasteiger partial charge in [-0.3, -0.25) is 14.6 Å². The van der Waals surface area contributed by atoms with E-state index in [0.29, 0.717) is 5.78 Å². The van der Waals surface area contributed by atoms with Gasteiger partial charge in [0.15, 0.2) is 5.78 Å². The van der Waals surface area contributed by atoms with Gasteiger partial charge in [-0.15, -0.1) is 0 Å². The molecule has 294 valence electrons. The van der Waals surface area contributed by atoms with Crippen molar-refractivity contribution >= 4 is 29.3 Å². The lowest BCUT2D eigenvalue weighted by atomic mass is 9.69. The third kappa shape index (κ3) is 12.4. The zero-order valence-corrected chi connectivity index (χ0v) is 36.6. The first-order chi connectivity index (χ1) is 25.6. The van der Waals surface area contributed by atoms with Crippen molar-refractivity contribution in [3.63, 3.8) is 0 Å². The van der Waals surface area contributed by atoms with Crippen LogP contribution in [0.1, 0.15) is 82.1 Å². The van der Waals surface area contributed by atoms with Crippen molar-refractivity contribution in [2.24, 2.45) is 10.8 Å². The monoisotopic (exact) mass is 768 g/mol. The van der Waals surface area contributed by atoms with E-state index in [1.54, 1.807) is 0 Å². The maximum Gasteiger partial charge on any atom is 0.175 e. The summed E-state index contributed by atoms with van der Waals surface area (Å²) >= 11 is 4.01. The minimum atomic E-state index is -0.400. The van der Waals surface area contributed by atoms with Crippen LogP contribution < -0.4 is 0 Å². The van der Waals surface area contributed by atoms with E-state index in [2.05, 4.69) is 157 Å².